The summed E-state index contributed by atoms with van der Waals surface area (Å²) < 4.78 is 5.30. The number of nitrogens with zero attached hydrogens (tertiary/aromatic N) is 1. The van der Waals surface area contributed by atoms with Gasteiger partial charge in [0.05, 0.1) is 6.42 Å². The van der Waals surface area contributed by atoms with Crippen molar-refractivity contribution < 1.29 is 23.9 Å². The van der Waals surface area contributed by atoms with Gasteiger partial charge in [0.1, 0.15) is 17.7 Å². The van der Waals surface area contributed by atoms with Crippen molar-refractivity contribution in [3.05, 3.63) is 70.8 Å². The van der Waals surface area contributed by atoms with E-state index in [-0.39, 0.29) is 6.54 Å². The van der Waals surface area contributed by atoms with Crippen LogP contribution in [0.3, 0.4) is 0 Å². The van der Waals surface area contributed by atoms with Gasteiger partial charge in [-0.05, 0) is 70.7 Å². The summed E-state index contributed by atoms with van der Waals surface area (Å²) in [7, 11) is 0. The van der Waals surface area contributed by atoms with E-state index in [4.69, 9.17) is 10.5 Å². The van der Waals surface area contributed by atoms with Crippen molar-refractivity contribution >= 4 is 23.8 Å². The number of carbonyl (C=O) groups is 4. The van der Waals surface area contributed by atoms with Gasteiger partial charge in [-0.2, -0.15) is 0 Å². The summed E-state index contributed by atoms with van der Waals surface area (Å²) in [5.41, 5.74) is 8.12. The van der Waals surface area contributed by atoms with Gasteiger partial charge in [-0.15, -0.1) is 0 Å². The van der Waals surface area contributed by atoms with Gasteiger partial charge in [-0.3, -0.25) is 14.4 Å². The Balaban J connectivity index is 2.49. The number of carbonyl (C=O) groups excluding carboxylic acids is 4. The van der Waals surface area contributed by atoms with Crippen molar-refractivity contribution in [3.63, 3.8) is 0 Å². The molecule has 9 heteroatoms. The highest BCUT2D eigenvalue weighted by Gasteiger charge is 2.38. The predicted octanol–water partition coefficient (Wildman–Crippen LogP) is 3.67. The molecule has 2 atom stereocenters. The lowest BCUT2D eigenvalue weighted by Crippen LogP contribution is -2.55. The standard InChI is InChI=1S/C29H40N4O5/c1-18(2)33(27(36)23(16-24(30)34)32-28(37)38-29(5,6)7)25(22-14-13-19(3)20(4)15-22)26(35)31-17-21-11-9-8-10-12-21/h8-15,18,23,25H,16-17H2,1-7H3,(H2,30,34)(H,31,35)(H,32,37). The number of aryl methyl sites for hydroxylation is 2. The smallest absolute Gasteiger partial charge is 0.408 e. The first-order valence-electron chi connectivity index (χ1n) is 12.7. The van der Waals surface area contributed by atoms with Crippen molar-refractivity contribution in [1.29, 1.82) is 0 Å². The van der Waals surface area contributed by atoms with Crippen LogP contribution in [0.1, 0.15) is 69.3 Å². The van der Waals surface area contributed by atoms with Gasteiger partial charge in [0, 0.05) is 12.6 Å². The predicted molar refractivity (Wildman–Crippen MR) is 146 cm³/mol. The number of hydrogen-bond donors (Lipinski definition) is 3. The monoisotopic (exact) mass is 524 g/mol. The second-order valence-corrected chi connectivity index (χ2v) is 10.7. The van der Waals surface area contributed by atoms with Crippen LogP contribution in [0.2, 0.25) is 0 Å². The molecular weight excluding hydrogens is 484 g/mol. The van der Waals surface area contributed by atoms with Crippen LogP contribution in [0.25, 0.3) is 0 Å². The molecule has 2 unspecified atom stereocenters. The van der Waals surface area contributed by atoms with E-state index in [1.165, 1.54) is 4.90 Å². The van der Waals surface area contributed by atoms with E-state index in [1.807, 2.05) is 62.4 Å². The minimum atomic E-state index is -1.32. The first-order valence-corrected chi connectivity index (χ1v) is 12.7. The maximum Gasteiger partial charge on any atom is 0.408 e. The van der Waals surface area contributed by atoms with Crippen molar-refractivity contribution in [2.75, 3.05) is 0 Å². The number of nitrogens with one attached hydrogen (secondary N) is 2. The number of hydrogen-bond acceptors (Lipinski definition) is 5. The fourth-order valence-corrected chi connectivity index (χ4v) is 3.97. The molecule has 0 saturated carbocycles. The maximum atomic E-state index is 13.9. The molecule has 4 amide bonds. The van der Waals surface area contributed by atoms with E-state index in [0.717, 1.165) is 16.7 Å². The molecule has 0 aromatic heterocycles. The first-order chi connectivity index (χ1) is 17.7. The number of nitrogens with two attached hydrogens (primary N) is 1. The molecule has 0 aliphatic carbocycles. The Hall–Kier alpha value is -3.88. The molecule has 38 heavy (non-hydrogen) atoms. The number of rotatable bonds is 10. The van der Waals surface area contributed by atoms with E-state index in [2.05, 4.69) is 10.6 Å². The normalized spacial score (nSPS) is 12.8. The second-order valence-electron chi connectivity index (χ2n) is 10.7. The van der Waals surface area contributed by atoms with Crippen LogP contribution < -0.4 is 16.4 Å². The van der Waals surface area contributed by atoms with Crippen LogP contribution >= 0.6 is 0 Å². The van der Waals surface area contributed by atoms with Gasteiger partial charge in [0.2, 0.25) is 17.7 Å². The Morgan fingerprint density at radius 2 is 1.61 bits per heavy atom. The van der Waals surface area contributed by atoms with Crippen molar-refractivity contribution in [2.45, 2.75) is 85.2 Å². The molecule has 0 radical (unpaired) electrons. The van der Waals surface area contributed by atoms with Gasteiger partial charge < -0.3 is 26.0 Å². The van der Waals surface area contributed by atoms with Crippen LogP contribution in [0.15, 0.2) is 48.5 Å². The van der Waals surface area contributed by atoms with E-state index >= 15 is 0 Å². The molecule has 4 N–H and O–H groups in total. The SMILES string of the molecule is Cc1ccc(C(C(=O)NCc2ccccc2)N(C(=O)C(CC(N)=O)NC(=O)OC(C)(C)C)C(C)C)cc1C. The summed E-state index contributed by atoms with van der Waals surface area (Å²) in [6, 6.07) is 12.2. The molecule has 0 saturated heterocycles. The van der Waals surface area contributed by atoms with Gasteiger partial charge in [-0.25, -0.2) is 4.79 Å². The summed E-state index contributed by atoms with van der Waals surface area (Å²) >= 11 is 0. The Bertz CT molecular complexity index is 1140. The second kappa shape index (κ2) is 13.1. The van der Waals surface area contributed by atoms with Gasteiger partial charge in [-0.1, -0.05) is 48.5 Å². The fraction of sp³-hybridized carbons (Fsp3) is 0.448. The molecule has 2 aromatic carbocycles. The van der Waals surface area contributed by atoms with Gasteiger partial charge in [0.25, 0.3) is 0 Å². The summed E-state index contributed by atoms with van der Waals surface area (Å²) in [6.45, 7) is 12.8. The summed E-state index contributed by atoms with van der Waals surface area (Å²) in [6.07, 6.45) is -1.32. The van der Waals surface area contributed by atoms with E-state index in [0.29, 0.717) is 5.56 Å². The quantitative estimate of drug-likeness (QED) is 0.437. The molecule has 0 fully saturated rings. The number of ether oxygens (including phenoxy) is 1. The Morgan fingerprint density at radius 1 is 0.974 bits per heavy atom. The molecule has 0 bridgehead atoms. The summed E-state index contributed by atoms with van der Waals surface area (Å²) in [4.78, 5) is 53.4. The highest BCUT2D eigenvalue weighted by atomic mass is 16.6. The molecular formula is C29H40N4O5. The molecule has 0 spiro atoms. The van der Waals surface area contributed by atoms with Crippen molar-refractivity contribution in [2.24, 2.45) is 5.73 Å². The Labute approximate surface area is 225 Å². The highest BCUT2D eigenvalue weighted by Crippen LogP contribution is 2.27. The van der Waals surface area contributed by atoms with E-state index < -0.39 is 54.0 Å². The number of amides is 4. The lowest BCUT2D eigenvalue weighted by molar-refractivity contribution is -0.145. The highest BCUT2D eigenvalue weighted by molar-refractivity contribution is 5.94. The molecule has 9 nitrogen and oxygen atoms in total. The third kappa shape index (κ3) is 8.90. The molecule has 2 aromatic rings. The third-order valence-corrected chi connectivity index (χ3v) is 5.89. The van der Waals surface area contributed by atoms with Crippen LogP contribution in [-0.4, -0.2) is 46.4 Å². The first kappa shape index (κ1) is 30.3. The van der Waals surface area contributed by atoms with Crippen LogP contribution in [0, 0.1) is 13.8 Å². The summed E-state index contributed by atoms with van der Waals surface area (Å²) in [5, 5.41) is 5.42. The number of primary amides is 1. The third-order valence-electron chi connectivity index (χ3n) is 5.89. The Morgan fingerprint density at radius 3 is 2.13 bits per heavy atom. The molecule has 0 aliphatic rings. The molecule has 206 valence electrons. The van der Waals surface area contributed by atoms with E-state index in [1.54, 1.807) is 34.6 Å². The average molecular weight is 525 g/mol. The molecule has 0 heterocycles. The van der Waals surface area contributed by atoms with Crippen molar-refractivity contribution in [1.82, 2.24) is 15.5 Å². The van der Waals surface area contributed by atoms with E-state index in [9.17, 15) is 19.2 Å². The van der Waals surface area contributed by atoms with Gasteiger partial charge >= 0.3 is 6.09 Å². The zero-order valence-electron chi connectivity index (χ0n) is 23.3. The zero-order valence-corrected chi connectivity index (χ0v) is 23.3. The largest absolute Gasteiger partial charge is 0.444 e. The minimum Gasteiger partial charge on any atom is -0.444 e. The van der Waals surface area contributed by atoms with Crippen molar-refractivity contribution in [3.8, 4) is 0 Å². The van der Waals surface area contributed by atoms with Crippen LogP contribution in [0.4, 0.5) is 4.79 Å². The lowest BCUT2D eigenvalue weighted by Gasteiger charge is -2.37. The topological polar surface area (TPSA) is 131 Å². The van der Waals surface area contributed by atoms with Gasteiger partial charge in [0.15, 0.2) is 0 Å². The fourth-order valence-electron chi connectivity index (χ4n) is 3.97. The minimum absolute atomic E-state index is 0.266. The molecule has 0 aliphatic heterocycles. The zero-order chi connectivity index (χ0) is 28.6. The average Bonchev–Trinajstić information content (AvgIpc) is 2.81. The Kier molecular flexibility index (Phi) is 10.4. The summed E-state index contributed by atoms with van der Waals surface area (Å²) in [5.74, 6) is -1.80. The molecule has 2 rings (SSSR count). The maximum absolute atomic E-state index is 13.9. The lowest BCUT2D eigenvalue weighted by atomic mass is 9.97. The number of alkyl carbamates (subject to hydrolysis) is 1. The number of benzene rings is 2. The van der Waals surface area contributed by atoms with Crippen LogP contribution in [-0.2, 0) is 25.7 Å². The van der Waals surface area contributed by atoms with Crippen LogP contribution in [0.5, 0.6) is 0 Å².